The van der Waals surface area contributed by atoms with E-state index in [1.807, 2.05) is 24.3 Å². The number of carbonyl (C=O) groups excluding carboxylic acids is 1. The third-order valence-corrected chi connectivity index (χ3v) is 5.23. The number of thioether (sulfide) groups is 1. The summed E-state index contributed by atoms with van der Waals surface area (Å²) in [5.41, 5.74) is 0.627. The van der Waals surface area contributed by atoms with Crippen molar-refractivity contribution in [2.75, 3.05) is 12.9 Å². The number of rotatable bonds is 7. The molecule has 0 bridgehead atoms. The zero-order valence-corrected chi connectivity index (χ0v) is 13.9. The maximum atomic E-state index is 12.5. The van der Waals surface area contributed by atoms with Gasteiger partial charge in [-0.3, -0.25) is 4.79 Å². The van der Waals surface area contributed by atoms with Gasteiger partial charge in [0.2, 0.25) is 0 Å². The maximum Gasteiger partial charge on any atom is 0.191 e. The van der Waals surface area contributed by atoms with Crippen molar-refractivity contribution in [1.29, 1.82) is 0 Å². The van der Waals surface area contributed by atoms with Crippen LogP contribution in [0.15, 0.2) is 29.4 Å². The molecule has 1 aromatic carbocycles. The predicted octanol–water partition coefficient (Wildman–Crippen LogP) is 3.47. The number of carbonyl (C=O) groups is 1. The van der Waals surface area contributed by atoms with E-state index < -0.39 is 0 Å². The summed E-state index contributed by atoms with van der Waals surface area (Å²) >= 11 is 1.49. The Balaban J connectivity index is 1.50. The van der Waals surface area contributed by atoms with Gasteiger partial charge in [-0.25, -0.2) is 0 Å². The van der Waals surface area contributed by atoms with Gasteiger partial charge in [0.1, 0.15) is 11.6 Å². The molecule has 0 aliphatic heterocycles. The van der Waals surface area contributed by atoms with Gasteiger partial charge in [0.15, 0.2) is 10.9 Å². The molecule has 2 aliphatic rings. The summed E-state index contributed by atoms with van der Waals surface area (Å²) in [7, 11) is 1.59. The fourth-order valence-corrected chi connectivity index (χ4v) is 3.66. The summed E-state index contributed by atoms with van der Waals surface area (Å²) < 4.78 is 7.55. The Kier molecular flexibility index (Phi) is 3.85. The fraction of sp³-hybridized carbons (Fsp3) is 0.471. The predicted molar refractivity (Wildman–Crippen MR) is 88.3 cm³/mol. The Labute approximate surface area is 139 Å². The van der Waals surface area contributed by atoms with Gasteiger partial charge in [-0.05, 0) is 37.8 Å². The minimum Gasteiger partial charge on any atom is -0.496 e. The third-order valence-electron chi connectivity index (χ3n) is 4.29. The molecule has 0 atom stereocenters. The Hall–Kier alpha value is -1.82. The summed E-state index contributed by atoms with van der Waals surface area (Å²) in [5.74, 6) is 2.75. The molecule has 0 N–H and O–H groups in total. The van der Waals surface area contributed by atoms with Crippen molar-refractivity contribution < 1.29 is 9.53 Å². The van der Waals surface area contributed by atoms with Gasteiger partial charge in [0, 0.05) is 12.0 Å². The van der Waals surface area contributed by atoms with Crippen LogP contribution in [0.2, 0.25) is 0 Å². The van der Waals surface area contributed by atoms with Crippen LogP contribution in [0, 0.1) is 0 Å². The largest absolute Gasteiger partial charge is 0.496 e. The van der Waals surface area contributed by atoms with Gasteiger partial charge < -0.3 is 9.30 Å². The van der Waals surface area contributed by atoms with Crippen LogP contribution in [0.25, 0.3) is 0 Å². The molecule has 1 aromatic heterocycles. The highest BCUT2D eigenvalue weighted by Crippen LogP contribution is 2.46. The van der Waals surface area contributed by atoms with Crippen LogP contribution in [0.1, 0.15) is 53.8 Å². The lowest BCUT2D eigenvalue weighted by Crippen LogP contribution is -2.07. The zero-order valence-electron chi connectivity index (χ0n) is 13.1. The van der Waals surface area contributed by atoms with Crippen LogP contribution in [0.4, 0.5) is 0 Å². The second kappa shape index (κ2) is 6.00. The Bertz CT molecular complexity index is 735. The lowest BCUT2D eigenvalue weighted by Gasteiger charge is -2.09. The summed E-state index contributed by atoms with van der Waals surface area (Å²) in [6, 6.07) is 7.90. The van der Waals surface area contributed by atoms with Gasteiger partial charge in [-0.15, -0.1) is 10.2 Å². The molecule has 23 heavy (non-hydrogen) atoms. The SMILES string of the molecule is COc1ccccc1C(=O)CSc1nnc(C2CC2)n1C1CC1. The molecule has 0 radical (unpaired) electrons. The molecular weight excluding hydrogens is 310 g/mol. The van der Waals surface area contributed by atoms with Crippen molar-refractivity contribution in [2.45, 2.75) is 42.8 Å². The quantitative estimate of drug-likeness (QED) is 0.575. The third kappa shape index (κ3) is 3.00. The van der Waals surface area contributed by atoms with Crippen LogP contribution in [-0.4, -0.2) is 33.4 Å². The number of para-hydroxylation sites is 1. The number of Topliss-reactive ketones (excluding diaryl/α,β-unsaturated/α-hetero) is 1. The molecule has 0 unspecified atom stereocenters. The molecule has 4 rings (SSSR count). The van der Waals surface area contributed by atoms with Crippen molar-refractivity contribution in [3.8, 4) is 5.75 Å². The maximum absolute atomic E-state index is 12.5. The minimum absolute atomic E-state index is 0.0609. The van der Waals surface area contributed by atoms with Gasteiger partial charge in [-0.1, -0.05) is 23.9 Å². The van der Waals surface area contributed by atoms with Gasteiger partial charge >= 0.3 is 0 Å². The molecular formula is C17H19N3O2S. The topological polar surface area (TPSA) is 57.0 Å². The van der Waals surface area contributed by atoms with Crippen molar-refractivity contribution in [2.24, 2.45) is 0 Å². The summed E-state index contributed by atoms with van der Waals surface area (Å²) in [5, 5.41) is 9.61. The highest BCUT2D eigenvalue weighted by Gasteiger charge is 2.36. The van der Waals surface area contributed by atoms with E-state index in [0.29, 0.717) is 29.0 Å². The molecule has 0 saturated heterocycles. The van der Waals surface area contributed by atoms with Crippen molar-refractivity contribution in [1.82, 2.24) is 14.8 Å². The van der Waals surface area contributed by atoms with Crippen LogP contribution in [0.5, 0.6) is 5.75 Å². The van der Waals surface area contributed by atoms with E-state index in [-0.39, 0.29) is 5.78 Å². The van der Waals surface area contributed by atoms with Crippen LogP contribution < -0.4 is 4.74 Å². The number of hydrogen-bond donors (Lipinski definition) is 0. The van der Waals surface area contributed by atoms with Crippen LogP contribution >= 0.6 is 11.8 Å². The van der Waals surface area contributed by atoms with Crippen LogP contribution in [0.3, 0.4) is 0 Å². The van der Waals surface area contributed by atoms with Gasteiger partial charge in [0.25, 0.3) is 0 Å². The van der Waals surface area contributed by atoms with E-state index >= 15 is 0 Å². The van der Waals surface area contributed by atoms with Crippen molar-refractivity contribution in [3.05, 3.63) is 35.7 Å². The zero-order chi connectivity index (χ0) is 15.8. The fourth-order valence-electron chi connectivity index (χ4n) is 2.77. The number of hydrogen-bond acceptors (Lipinski definition) is 5. The van der Waals surface area contributed by atoms with Crippen LogP contribution in [-0.2, 0) is 0 Å². The molecule has 120 valence electrons. The second-order valence-electron chi connectivity index (χ2n) is 6.13. The van der Waals surface area contributed by atoms with Gasteiger partial charge in [-0.2, -0.15) is 0 Å². The molecule has 0 spiro atoms. The Morgan fingerprint density at radius 3 is 2.74 bits per heavy atom. The first-order chi connectivity index (χ1) is 11.3. The van der Waals surface area contributed by atoms with E-state index in [1.165, 1.54) is 37.4 Å². The van der Waals surface area contributed by atoms with Gasteiger partial charge in [0.05, 0.1) is 18.4 Å². The van der Waals surface area contributed by atoms with E-state index in [2.05, 4.69) is 14.8 Å². The molecule has 2 aromatic rings. The second-order valence-corrected chi connectivity index (χ2v) is 7.07. The van der Waals surface area contributed by atoms with E-state index in [4.69, 9.17) is 4.74 Å². The first-order valence-electron chi connectivity index (χ1n) is 8.01. The number of ether oxygens (including phenoxy) is 1. The van der Waals surface area contributed by atoms with E-state index in [1.54, 1.807) is 7.11 Å². The number of aromatic nitrogens is 3. The minimum atomic E-state index is 0.0609. The number of nitrogens with zero attached hydrogens (tertiary/aromatic N) is 3. The monoisotopic (exact) mass is 329 g/mol. The smallest absolute Gasteiger partial charge is 0.191 e. The number of benzene rings is 1. The standard InChI is InChI=1S/C17H19N3O2S/c1-22-15-5-3-2-4-13(15)14(21)10-23-17-19-18-16(11-6-7-11)20(17)12-8-9-12/h2-5,11-12H,6-10H2,1H3. The van der Waals surface area contributed by atoms with Crippen molar-refractivity contribution in [3.63, 3.8) is 0 Å². The lowest BCUT2D eigenvalue weighted by atomic mass is 10.1. The normalized spacial score (nSPS) is 17.3. The first-order valence-corrected chi connectivity index (χ1v) is 9.00. The molecule has 6 heteroatoms. The molecule has 1 heterocycles. The van der Waals surface area contributed by atoms with Crippen molar-refractivity contribution >= 4 is 17.5 Å². The molecule has 2 fully saturated rings. The Morgan fingerprint density at radius 2 is 2.04 bits per heavy atom. The van der Waals surface area contributed by atoms with E-state index in [0.717, 1.165) is 11.0 Å². The average molecular weight is 329 g/mol. The lowest BCUT2D eigenvalue weighted by molar-refractivity contribution is 0.101. The first kappa shape index (κ1) is 14.8. The molecule has 2 aliphatic carbocycles. The summed E-state index contributed by atoms with van der Waals surface area (Å²) in [6.45, 7) is 0. The molecule has 5 nitrogen and oxygen atoms in total. The summed E-state index contributed by atoms with van der Waals surface area (Å²) in [4.78, 5) is 12.5. The number of ketones is 1. The van der Waals surface area contributed by atoms with E-state index in [9.17, 15) is 4.79 Å². The molecule has 0 amide bonds. The highest BCUT2D eigenvalue weighted by atomic mass is 32.2. The Morgan fingerprint density at radius 1 is 1.26 bits per heavy atom. The number of methoxy groups -OCH3 is 1. The average Bonchev–Trinajstić information content (AvgIpc) is 3.51. The summed E-state index contributed by atoms with van der Waals surface area (Å²) in [6.07, 6.45) is 4.84. The highest BCUT2D eigenvalue weighted by molar-refractivity contribution is 7.99. The molecule has 2 saturated carbocycles.